The molecule has 0 heterocycles. The first-order valence-corrected chi connectivity index (χ1v) is 7.29. The van der Waals surface area contributed by atoms with Gasteiger partial charge in [-0.15, -0.1) is 0 Å². The van der Waals surface area contributed by atoms with Crippen molar-refractivity contribution in [2.75, 3.05) is 0 Å². The second-order valence-electron chi connectivity index (χ2n) is 4.74. The molecule has 0 aliphatic rings. The Morgan fingerprint density at radius 1 is 1.14 bits per heavy atom. The number of ether oxygens (including phenoxy) is 1. The van der Waals surface area contributed by atoms with Gasteiger partial charge in [0.15, 0.2) is 0 Å². The minimum absolute atomic E-state index is 0.282. The average Bonchev–Trinajstić information content (AvgIpc) is 2.49. The van der Waals surface area contributed by atoms with E-state index in [-0.39, 0.29) is 5.57 Å². The lowest BCUT2D eigenvalue weighted by molar-refractivity contribution is -0.132. The highest BCUT2D eigenvalue weighted by molar-refractivity contribution is 6.42. The van der Waals surface area contributed by atoms with Crippen LogP contribution < -0.4 is 4.74 Å². The SMILES string of the molecule is C/C(=C\c1ccc(OCc2ccc(Cl)c(Cl)c2)cc1)C(=O)O. The van der Waals surface area contributed by atoms with Crippen molar-refractivity contribution in [2.24, 2.45) is 0 Å². The van der Waals surface area contributed by atoms with Gasteiger partial charge in [0.1, 0.15) is 12.4 Å². The first-order valence-electron chi connectivity index (χ1n) is 6.54. The Morgan fingerprint density at radius 3 is 2.41 bits per heavy atom. The first kappa shape index (κ1) is 16.4. The molecule has 0 saturated heterocycles. The minimum atomic E-state index is -0.931. The van der Waals surface area contributed by atoms with E-state index < -0.39 is 5.97 Å². The highest BCUT2D eigenvalue weighted by atomic mass is 35.5. The summed E-state index contributed by atoms with van der Waals surface area (Å²) in [6.07, 6.45) is 1.60. The normalized spacial score (nSPS) is 11.3. The molecule has 0 aliphatic carbocycles. The van der Waals surface area contributed by atoms with Gasteiger partial charge in [-0.05, 0) is 48.4 Å². The Bertz CT molecular complexity index is 706. The van der Waals surface area contributed by atoms with Crippen LogP contribution in [0.3, 0.4) is 0 Å². The average molecular weight is 337 g/mol. The maximum absolute atomic E-state index is 10.8. The number of halogens is 2. The Balaban J connectivity index is 2.01. The second kappa shape index (κ2) is 7.34. The minimum Gasteiger partial charge on any atom is -0.489 e. The van der Waals surface area contributed by atoms with Crippen LogP contribution in [0.2, 0.25) is 10.0 Å². The van der Waals surface area contributed by atoms with Crippen LogP contribution >= 0.6 is 23.2 Å². The predicted molar refractivity (Wildman–Crippen MR) is 88.5 cm³/mol. The quantitative estimate of drug-likeness (QED) is 0.776. The second-order valence-corrected chi connectivity index (χ2v) is 5.55. The van der Waals surface area contributed by atoms with Crippen LogP contribution in [-0.4, -0.2) is 11.1 Å². The molecule has 114 valence electrons. The maximum atomic E-state index is 10.8. The molecule has 2 aromatic carbocycles. The summed E-state index contributed by atoms with van der Waals surface area (Å²) in [6.45, 7) is 1.93. The van der Waals surface area contributed by atoms with Crippen LogP contribution in [0.25, 0.3) is 6.08 Å². The van der Waals surface area contributed by atoms with Gasteiger partial charge >= 0.3 is 5.97 Å². The summed E-state index contributed by atoms with van der Waals surface area (Å²) >= 11 is 11.8. The molecule has 0 spiro atoms. The zero-order valence-electron chi connectivity index (χ0n) is 11.8. The highest BCUT2D eigenvalue weighted by Crippen LogP contribution is 2.23. The molecule has 0 atom stereocenters. The largest absolute Gasteiger partial charge is 0.489 e. The summed E-state index contributed by atoms with van der Waals surface area (Å²) in [7, 11) is 0. The van der Waals surface area contributed by atoms with Crippen LogP contribution in [0.15, 0.2) is 48.0 Å². The fraction of sp³-hybridized carbons (Fsp3) is 0.118. The summed E-state index contributed by atoms with van der Waals surface area (Å²) in [5.74, 6) is -0.240. The van der Waals surface area contributed by atoms with Gasteiger partial charge in [0.25, 0.3) is 0 Å². The standard InChI is InChI=1S/C17H14Cl2O3/c1-11(17(20)21)8-12-2-5-14(6-3-12)22-10-13-4-7-15(18)16(19)9-13/h2-9H,10H2,1H3,(H,20,21)/b11-8+. The smallest absolute Gasteiger partial charge is 0.331 e. The van der Waals surface area contributed by atoms with E-state index in [1.807, 2.05) is 6.07 Å². The molecule has 1 N–H and O–H groups in total. The lowest BCUT2D eigenvalue weighted by Crippen LogP contribution is -1.96. The van der Waals surface area contributed by atoms with E-state index in [9.17, 15) is 4.79 Å². The number of carboxylic acid groups (broad SMARTS) is 1. The number of aliphatic carboxylic acids is 1. The Kier molecular flexibility index (Phi) is 5.47. The molecule has 5 heteroatoms. The molecular weight excluding hydrogens is 323 g/mol. The van der Waals surface area contributed by atoms with Crippen LogP contribution in [0.1, 0.15) is 18.1 Å². The summed E-state index contributed by atoms with van der Waals surface area (Å²) in [5.41, 5.74) is 2.01. The van der Waals surface area contributed by atoms with Gasteiger partial charge in [-0.2, -0.15) is 0 Å². The van der Waals surface area contributed by atoms with Crippen molar-refractivity contribution in [1.29, 1.82) is 0 Å². The van der Waals surface area contributed by atoms with Crippen LogP contribution in [0.5, 0.6) is 5.75 Å². The Hall–Kier alpha value is -1.97. The molecule has 0 saturated carbocycles. The summed E-state index contributed by atoms with van der Waals surface area (Å²) in [4.78, 5) is 10.8. The highest BCUT2D eigenvalue weighted by Gasteiger charge is 2.02. The van der Waals surface area contributed by atoms with Crippen LogP contribution in [0.4, 0.5) is 0 Å². The monoisotopic (exact) mass is 336 g/mol. The maximum Gasteiger partial charge on any atom is 0.331 e. The topological polar surface area (TPSA) is 46.5 Å². The van der Waals surface area contributed by atoms with E-state index in [2.05, 4.69) is 0 Å². The first-order chi connectivity index (χ1) is 10.5. The van der Waals surface area contributed by atoms with Gasteiger partial charge in [0, 0.05) is 5.57 Å². The number of carbonyl (C=O) groups is 1. The molecule has 0 unspecified atom stereocenters. The third-order valence-electron chi connectivity index (χ3n) is 2.99. The fourth-order valence-corrected chi connectivity index (χ4v) is 2.09. The predicted octanol–water partition coefficient (Wildman–Crippen LogP) is 5.06. The number of carboxylic acids is 1. The molecule has 0 radical (unpaired) electrons. The zero-order valence-corrected chi connectivity index (χ0v) is 13.4. The molecule has 0 fully saturated rings. The molecule has 22 heavy (non-hydrogen) atoms. The van der Waals surface area contributed by atoms with Gasteiger partial charge in [0.05, 0.1) is 10.0 Å². The van der Waals surface area contributed by atoms with Gasteiger partial charge in [0.2, 0.25) is 0 Å². The van der Waals surface area contributed by atoms with Crippen molar-refractivity contribution >= 4 is 35.2 Å². The number of rotatable bonds is 5. The van der Waals surface area contributed by atoms with Gasteiger partial charge in [-0.25, -0.2) is 4.79 Å². The summed E-state index contributed by atoms with van der Waals surface area (Å²) in [5, 5.41) is 9.84. The third-order valence-corrected chi connectivity index (χ3v) is 3.73. The third kappa shape index (κ3) is 4.52. The zero-order chi connectivity index (χ0) is 16.1. The molecule has 0 amide bonds. The molecule has 0 bridgehead atoms. The van der Waals surface area contributed by atoms with Gasteiger partial charge < -0.3 is 9.84 Å². The number of benzene rings is 2. The van der Waals surface area contributed by atoms with Crippen molar-refractivity contribution < 1.29 is 14.6 Å². The van der Waals surface area contributed by atoms with E-state index in [4.69, 9.17) is 33.0 Å². The van der Waals surface area contributed by atoms with Crippen molar-refractivity contribution in [3.63, 3.8) is 0 Å². The van der Waals surface area contributed by atoms with Crippen LogP contribution in [-0.2, 0) is 11.4 Å². The molecular formula is C17H14Cl2O3. The number of hydrogen-bond donors (Lipinski definition) is 1. The summed E-state index contributed by atoms with van der Waals surface area (Å²) in [6, 6.07) is 12.5. The van der Waals surface area contributed by atoms with Gasteiger partial charge in [-0.3, -0.25) is 0 Å². The molecule has 3 nitrogen and oxygen atoms in total. The Morgan fingerprint density at radius 2 is 1.82 bits per heavy atom. The number of hydrogen-bond acceptors (Lipinski definition) is 2. The lowest BCUT2D eigenvalue weighted by atomic mass is 10.1. The van der Waals surface area contributed by atoms with E-state index in [1.165, 1.54) is 0 Å². The van der Waals surface area contributed by atoms with E-state index in [1.54, 1.807) is 49.4 Å². The van der Waals surface area contributed by atoms with Crippen LogP contribution in [0, 0.1) is 0 Å². The molecule has 2 aromatic rings. The fourth-order valence-electron chi connectivity index (χ4n) is 1.77. The van der Waals surface area contributed by atoms with Crippen molar-refractivity contribution in [1.82, 2.24) is 0 Å². The summed E-state index contributed by atoms with van der Waals surface area (Å²) < 4.78 is 5.66. The van der Waals surface area contributed by atoms with Crippen molar-refractivity contribution in [3.8, 4) is 5.75 Å². The van der Waals surface area contributed by atoms with Crippen molar-refractivity contribution in [2.45, 2.75) is 13.5 Å². The molecule has 0 aliphatic heterocycles. The van der Waals surface area contributed by atoms with E-state index in [0.717, 1.165) is 11.1 Å². The van der Waals surface area contributed by atoms with Crippen molar-refractivity contribution in [3.05, 3.63) is 69.2 Å². The van der Waals surface area contributed by atoms with Gasteiger partial charge in [-0.1, -0.05) is 41.4 Å². The Labute approximate surface area is 138 Å². The molecule has 2 rings (SSSR count). The van der Waals surface area contributed by atoms with E-state index in [0.29, 0.717) is 22.4 Å². The molecule has 0 aromatic heterocycles. The lowest BCUT2D eigenvalue weighted by Gasteiger charge is -2.07. The van der Waals surface area contributed by atoms with E-state index >= 15 is 0 Å².